The normalized spacial score (nSPS) is 23.0. The molecule has 1 saturated heterocycles. The molecule has 3 rings (SSSR count). The number of nitrogens with zero attached hydrogens (tertiary/aromatic N) is 3. The molecule has 0 bridgehead atoms. The minimum atomic E-state index is -3.22. The van der Waals surface area contributed by atoms with Crippen LogP contribution in [0, 0.1) is 5.92 Å². The minimum Gasteiger partial charge on any atom is -0.369 e. The van der Waals surface area contributed by atoms with Gasteiger partial charge in [0.2, 0.25) is 10.0 Å². The van der Waals surface area contributed by atoms with Crippen LogP contribution in [0.25, 0.3) is 11.0 Å². The molecule has 6 nitrogen and oxygen atoms in total. The number of rotatable bonds is 4. The number of H-pyrrole nitrogens is 1. The van der Waals surface area contributed by atoms with Gasteiger partial charge in [-0.2, -0.15) is 4.31 Å². The molecule has 2 atom stereocenters. The number of aromatic nitrogens is 2. The van der Waals surface area contributed by atoms with Crippen LogP contribution in [-0.4, -0.2) is 54.1 Å². The van der Waals surface area contributed by atoms with Gasteiger partial charge in [-0.05, 0) is 38.3 Å². The molecular weight excluding hydrogens is 324 g/mol. The lowest BCUT2D eigenvalue weighted by atomic mass is 9.93. The summed E-state index contributed by atoms with van der Waals surface area (Å²) in [5, 5.41) is 0.685. The van der Waals surface area contributed by atoms with Crippen molar-refractivity contribution >= 4 is 26.7 Å². The Balaban J connectivity index is 1.90. The Morgan fingerprint density at radius 2 is 2.12 bits per heavy atom. The van der Waals surface area contributed by atoms with Crippen LogP contribution < -0.4 is 4.90 Å². The number of likely N-dealkylation sites (N-methyl/N-ethyl adjacent to an activating group) is 1. The maximum absolute atomic E-state index is 12.6. The van der Waals surface area contributed by atoms with Crippen LogP contribution in [0.15, 0.2) is 24.5 Å². The summed E-state index contributed by atoms with van der Waals surface area (Å²) >= 11 is 0. The second-order valence-corrected chi connectivity index (χ2v) is 9.46. The third-order valence-electron chi connectivity index (χ3n) is 5.15. The van der Waals surface area contributed by atoms with Crippen LogP contribution in [0.1, 0.15) is 27.2 Å². The molecule has 7 heteroatoms. The third kappa shape index (κ3) is 2.91. The van der Waals surface area contributed by atoms with Crippen LogP contribution in [0.5, 0.6) is 0 Å². The van der Waals surface area contributed by atoms with Gasteiger partial charge in [0.15, 0.2) is 0 Å². The van der Waals surface area contributed by atoms with Crippen molar-refractivity contribution < 1.29 is 8.42 Å². The minimum absolute atomic E-state index is 0.146. The molecule has 2 aromatic heterocycles. The van der Waals surface area contributed by atoms with Gasteiger partial charge >= 0.3 is 0 Å². The lowest BCUT2D eigenvalue weighted by molar-refractivity contribution is 0.246. The van der Waals surface area contributed by atoms with Crippen LogP contribution in [0.4, 0.5) is 5.69 Å². The van der Waals surface area contributed by atoms with E-state index in [4.69, 9.17) is 0 Å². The van der Waals surface area contributed by atoms with E-state index in [1.165, 1.54) is 0 Å². The lowest BCUT2D eigenvalue weighted by Gasteiger charge is -2.42. The number of aromatic amines is 1. The Bertz CT molecular complexity index is 815. The average Bonchev–Trinajstić information content (AvgIpc) is 3.02. The fourth-order valence-electron chi connectivity index (χ4n) is 3.49. The van der Waals surface area contributed by atoms with E-state index in [2.05, 4.69) is 28.8 Å². The summed E-state index contributed by atoms with van der Waals surface area (Å²) in [6, 6.07) is 4.16. The first kappa shape index (κ1) is 17.2. The summed E-state index contributed by atoms with van der Waals surface area (Å²) < 4.78 is 26.8. The molecule has 0 saturated carbocycles. The summed E-state index contributed by atoms with van der Waals surface area (Å²) in [5.74, 6) is 0.427. The van der Waals surface area contributed by atoms with E-state index in [0.717, 1.165) is 23.1 Å². The number of piperidine rings is 1. The number of sulfonamides is 1. The topological polar surface area (TPSA) is 69.3 Å². The Hall–Kier alpha value is -1.60. The second-order valence-electron chi connectivity index (χ2n) is 6.97. The van der Waals surface area contributed by atoms with Crippen LogP contribution in [-0.2, 0) is 10.0 Å². The fourth-order valence-corrected chi connectivity index (χ4v) is 4.80. The fraction of sp³-hybridized carbons (Fsp3) is 0.588. The molecule has 0 aliphatic carbocycles. The Morgan fingerprint density at radius 1 is 1.38 bits per heavy atom. The predicted octanol–water partition coefficient (Wildman–Crippen LogP) is 2.45. The monoisotopic (exact) mass is 350 g/mol. The maximum atomic E-state index is 12.6. The molecule has 0 amide bonds. The molecule has 0 aromatic carbocycles. The highest BCUT2D eigenvalue weighted by Crippen LogP contribution is 2.31. The Labute approximate surface area is 143 Å². The lowest BCUT2D eigenvalue weighted by Crippen LogP contribution is -2.53. The van der Waals surface area contributed by atoms with Gasteiger partial charge in [0, 0.05) is 49.6 Å². The van der Waals surface area contributed by atoms with E-state index in [1.54, 1.807) is 24.3 Å². The molecule has 1 aliphatic rings. The van der Waals surface area contributed by atoms with Crippen molar-refractivity contribution in [3.8, 4) is 0 Å². The highest BCUT2D eigenvalue weighted by atomic mass is 32.2. The van der Waals surface area contributed by atoms with Crippen molar-refractivity contribution in [2.45, 2.75) is 38.5 Å². The first-order chi connectivity index (χ1) is 11.3. The highest BCUT2D eigenvalue weighted by Gasteiger charge is 2.36. The number of anilines is 1. The molecular formula is C17H26N4O2S. The molecule has 0 spiro atoms. The predicted molar refractivity (Wildman–Crippen MR) is 97.7 cm³/mol. The molecule has 132 valence electrons. The molecule has 24 heavy (non-hydrogen) atoms. The Kier molecular flexibility index (Phi) is 4.57. The smallest absolute Gasteiger partial charge is 0.216 e. The van der Waals surface area contributed by atoms with Crippen molar-refractivity contribution in [2.24, 2.45) is 5.92 Å². The van der Waals surface area contributed by atoms with Gasteiger partial charge in [0.05, 0.1) is 5.25 Å². The van der Waals surface area contributed by atoms with Crippen molar-refractivity contribution in [3.63, 3.8) is 0 Å². The molecule has 3 heterocycles. The van der Waals surface area contributed by atoms with Gasteiger partial charge in [0.25, 0.3) is 0 Å². The molecule has 2 aromatic rings. The van der Waals surface area contributed by atoms with Crippen molar-refractivity contribution in [2.75, 3.05) is 25.0 Å². The zero-order valence-electron chi connectivity index (χ0n) is 14.7. The SMILES string of the molecule is CC(C)S(=O)(=O)N1CC[C@@H](C)[C@@H](N(C)c2ccnc3[nH]ccc23)C1. The number of hydrogen-bond acceptors (Lipinski definition) is 4. The van der Waals surface area contributed by atoms with E-state index >= 15 is 0 Å². The summed E-state index contributed by atoms with van der Waals surface area (Å²) in [5.41, 5.74) is 1.94. The van der Waals surface area contributed by atoms with Gasteiger partial charge < -0.3 is 9.88 Å². The quantitative estimate of drug-likeness (QED) is 0.919. The largest absolute Gasteiger partial charge is 0.369 e. The Morgan fingerprint density at radius 3 is 2.83 bits per heavy atom. The number of fused-ring (bicyclic) bond motifs is 1. The van der Waals surface area contributed by atoms with Crippen molar-refractivity contribution in [1.29, 1.82) is 0 Å². The van der Waals surface area contributed by atoms with E-state index in [1.807, 2.05) is 18.3 Å². The summed E-state index contributed by atoms with van der Waals surface area (Å²) in [4.78, 5) is 9.68. The molecule has 0 unspecified atom stereocenters. The van der Waals surface area contributed by atoms with E-state index in [0.29, 0.717) is 19.0 Å². The van der Waals surface area contributed by atoms with Crippen LogP contribution in [0.2, 0.25) is 0 Å². The zero-order valence-corrected chi connectivity index (χ0v) is 15.5. The number of hydrogen-bond donors (Lipinski definition) is 1. The molecule has 0 radical (unpaired) electrons. The highest BCUT2D eigenvalue weighted by molar-refractivity contribution is 7.89. The molecule has 1 N–H and O–H groups in total. The van der Waals surface area contributed by atoms with Crippen LogP contribution >= 0.6 is 0 Å². The molecule has 1 aliphatic heterocycles. The van der Waals surface area contributed by atoms with E-state index in [-0.39, 0.29) is 11.3 Å². The zero-order chi connectivity index (χ0) is 17.5. The second kappa shape index (κ2) is 6.37. The standard InChI is InChI=1S/C17H26N4O2S/c1-12(2)24(22,23)21-10-7-13(3)16(11-21)20(4)15-6-9-19-17-14(15)5-8-18-17/h5-6,8-9,12-13,16H,7,10-11H2,1-4H3,(H,18,19)/t13-,16+/m1/s1. The average molecular weight is 350 g/mol. The number of pyridine rings is 1. The van der Waals surface area contributed by atoms with Gasteiger partial charge in [-0.15, -0.1) is 0 Å². The van der Waals surface area contributed by atoms with Crippen molar-refractivity contribution in [1.82, 2.24) is 14.3 Å². The van der Waals surface area contributed by atoms with Crippen LogP contribution in [0.3, 0.4) is 0 Å². The van der Waals surface area contributed by atoms with Gasteiger partial charge in [-0.3, -0.25) is 0 Å². The third-order valence-corrected chi connectivity index (χ3v) is 7.39. The summed E-state index contributed by atoms with van der Waals surface area (Å²) in [6.07, 6.45) is 4.55. The molecule has 1 fully saturated rings. The van der Waals surface area contributed by atoms with E-state index in [9.17, 15) is 8.42 Å². The van der Waals surface area contributed by atoms with Gasteiger partial charge in [-0.25, -0.2) is 13.4 Å². The van der Waals surface area contributed by atoms with Gasteiger partial charge in [0.1, 0.15) is 5.65 Å². The number of nitrogens with one attached hydrogen (secondary N) is 1. The summed E-state index contributed by atoms with van der Waals surface area (Å²) in [6.45, 7) is 6.85. The first-order valence-electron chi connectivity index (χ1n) is 8.46. The summed E-state index contributed by atoms with van der Waals surface area (Å²) in [7, 11) is -1.17. The van der Waals surface area contributed by atoms with Gasteiger partial charge in [-0.1, -0.05) is 6.92 Å². The maximum Gasteiger partial charge on any atom is 0.216 e. The van der Waals surface area contributed by atoms with E-state index < -0.39 is 10.0 Å². The first-order valence-corrected chi connectivity index (χ1v) is 9.96. The van der Waals surface area contributed by atoms with Crippen molar-refractivity contribution in [3.05, 3.63) is 24.5 Å².